The van der Waals surface area contributed by atoms with E-state index in [1.165, 1.54) is 18.2 Å². The first-order valence-corrected chi connectivity index (χ1v) is 7.41. The van der Waals surface area contributed by atoms with Gasteiger partial charge in [0.1, 0.15) is 11.6 Å². The van der Waals surface area contributed by atoms with Crippen LogP contribution in [0.15, 0.2) is 48.5 Å². The topological polar surface area (TPSA) is 64.6 Å². The highest BCUT2D eigenvalue weighted by Gasteiger charge is 2.10. The van der Waals surface area contributed by atoms with Crippen LogP contribution in [0, 0.1) is 5.82 Å². The average molecular weight is 331 g/mol. The van der Waals surface area contributed by atoms with E-state index >= 15 is 0 Å². The van der Waals surface area contributed by atoms with Gasteiger partial charge in [0.25, 0.3) is 5.91 Å². The van der Waals surface area contributed by atoms with Crippen LogP contribution >= 0.6 is 0 Å². The summed E-state index contributed by atoms with van der Waals surface area (Å²) in [5.41, 5.74) is 1.12. The van der Waals surface area contributed by atoms with Crippen LogP contribution in [0.2, 0.25) is 0 Å². The van der Waals surface area contributed by atoms with Crippen molar-refractivity contribution >= 4 is 11.9 Å². The van der Waals surface area contributed by atoms with Crippen molar-refractivity contribution in [1.29, 1.82) is 0 Å². The molecule has 0 bridgehead atoms. The molecule has 0 saturated heterocycles. The van der Waals surface area contributed by atoms with E-state index in [4.69, 9.17) is 9.47 Å². The number of methoxy groups -OCH3 is 1. The number of halogens is 1. The van der Waals surface area contributed by atoms with E-state index < -0.39 is 24.3 Å². The van der Waals surface area contributed by atoms with Crippen LogP contribution in [0.25, 0.3) is 0 Å². The maximum absolute atomic E-state index is 13.0. The van der Waals surface area contributed by atoms with Gasteiger partial charge in [-0.2, -0.15) is 0 Å². The number of benzene rings is 2. The molecule has 5 nitrogen and oxygen atoms in total. The van der Waals surface area contributed by atoms with Crippen molar-refractivity contribution in [3.63, 3.8) is 0 Å². The normalized spacial score (nSPS) is 10.1. The lowest BCUT2D eigenvalue weighted by molar-refractivity contribution is -0.124. The number of amides is 1. The number of esters is 1. The molecule has 6 heteroatoms. The zero-order valence-electron chi connectivity index (χ0n) is 13.3. The number of hydrogen-bond acceptors (Lipinski definition) is 4. The van der Waals surface area contributed by atoms with Crippen molar-refractivity contribution in [1.82, 2.24) is 5.32 Å². The van der Waals surface area contributed by atoms with Gasteiger partial charge in [-0.15, -0.1) is 0 Å². The quantitative estimate of drug-likeness (QED) is 0.791. The molecule has 0 saturated carbocycles. The van der Waals surface area contributed by atoms with Crippen LogP contribution in [0.3, 0.4) is 0 Å². The Morgan fingerprint density at radius 3 is 2.54 bits per heavy atom. The number of carbonyl (C=O) groups excluding carboxylic acids is 2. The van der Waals surface area contributed by atoms with Gasteiger partial charge in [-0.05, 0) is 42.3 Å². The summed E-state index contributed by atoms with van der Waals surface area (Å²) in [7, 11) is 1.60. The van der Waals surface area contributed by atoms with E-state index in [0.717, 1.165) is 17.4 Å². The minimum Gasteiger partial charge on any atom is -0.497 e. The van der Waals surface area contributed by atoms with Crippen molar-refractivity contribution in [3.8, 4) is 5.75 Å². The molecule has 0 radical (unpaired) electrons. The average Bonchev–Trinajstić information content (AvgIpc) is 2.60. The third kappa shape index (κ3) is 5.39. The predicted octanol–water partition coefficient (Wildman–Crippen LogP) is 2.35. The predicted molar refractivity (Wildman–Crippen MR) is 86.4 cm³/mol. The summed E-state index contributed by atoms with van der Waals surface area (Å²) in [4.78, 5) is 23.3. The van der Waals surface area contributed by atoms with Gasteiger partial charge in [0.15, 0.2) is 6.61 Å². The molecule has 1 N–H and O–H groups in total. The zero-order valence-corrected chi connectivity index (χ0v) is 13.3. The molecule has 0 unspecified atom stereocenters. The Labute approximate surface area is 139 Å². The summed E-state index contributed by atoms with van der Waals surface area (Å²) in [6.07, 6.45) is 0.646. The fourth-order valence-corrected chi connectivity index (χ4v) is 2.02. The van der Waals surface area contributed by atoms with Gasteiger partial charge < -0.3 is 14.8 Å². The molecule has 0 aliphatic heterocycles. The summed E-state index contributed by atoms with van der Waals surface area (Å²) in [5, 5.41) is 2.66. The molecule has 126 valence electrons. The Morgan fingerprint density at radius 2 is 1.88 bits per heavy atom. The van der Waals surface area contributed by atoms with Crippen molar-refractivity contribution in [2.24, 2.45) is 0 Å². The molecule has 0 spiro atoms. The number of nitrogens with one attached hydrogen (secondary N) is 1. The first-order chi connectivity index (χ1) is 11.6. The highest BCUT2D eigenvalue weighted by Crippen LogP contribution is 2.11. The summed E-state index contributed by atoms with van der Waals surface area (Å²) in [5.74, 6) is -0.909. The Morgan fingerprint density at radius 1 is 1.12 bits per heavy atom. The van der Waals surface area contributed by atoms with Crippen LogP contribution in [0.1, 0.15) is 15.9 Å². The first-order valence-electron chi connectivity index (χ1n) is 7.41. The van der Waals surface area contributed by atoms with Crippen LogP contribution in [0.4, 0.5) is 4.39 Å². The summed E-state index contributed by atoms with van der Waals surface area (Å²) < 4.78 is 22.9. The summed E-state index contributed by atoms with van der Waals surface area (Å²) in [6.45, 7) is 0.0145. The second-order valence-electron chi connectivity index (χ2n) is 5.03. The Balaban J connectivity index is 1.70. The summed E-state index contributed by atoms with van der Waals surface area (Å²) in [6, 6.07) is 12.6. The first kappa shape index (κ1) is 17.5. The molecule has 0 heterocycles. The molecular formula is C18H18FNO4. The van der Waals surface area contributed by atoms with Crippen LogP contribution in [-0.2, 0) is 16.0 Å². The highest BCUT2D eigenvalue weighted by molar-refractivity contribution is 5.91. The van der Waals surface area contributed by atoms with Crippen molar-refractivity contribution < 1.29 is 23.5 Å². The Hall–Kier alpha value is -2.89. The second-order valence-corrected chi connectivity index (χ2v) is 5.03. The lowest BCUT2D eigenvalue weighted by atomic mass is 10.1. The maximum atomic E-state index is 13.0. The summed E-state index contributed by atoms with van der Waals surface area (Å²) >= 11 is 0. The van der Waals surface area contributed by atoms with Gasteiger partial charge in [0.2, 0.25) is 0 Å². The minimum atomic E-state index is -0.736. The minimum absolute atomic E-state index is 0.0704. The van der Waals surface area contributed by atoms with E-state index in [0.29, 0.717) is 13.0 Å². The van der Waals surface area contributed by atoms with E-state index in [9.17, 15) is 14.0 Å². The molecule has 1 amide bonds. The van der Waals surface area contributed by atoms with Gasteiger partial charge in [0.05, 0.1) is 12.7 Å². The molecule has 2 aromatic rings. The molecule has 0 aliphatic carbocycles. The second kappa shape index (κ2) is 8.67. The zero-order chi connectivity index (χ0) is 17.4. The number of ether oxygens (including phenoxy) is 2. The van der Waals surface area contributed by atoms with Crippen LogP contribution < -0.4 is 10.1 Å². The lowest BCUT2D eigenvalue weighted by Crippen LogP contribution is -2.30. The van der Waals surface area contributed by atoms with Crippen LogP contribution in [-0.4, -0.2) is 32.1 Å². The number of rotatable bonds is 7. The van der Waals surface area contributed by atoms with Gasteiger partial charge in [-0.3, -0.25) is 4.79 Å². The fraction of sp³-hybridized carbons (Fsp3) is 0.222. The SMILES string of the molecule is COc1ccc(CCNC(=O)COC(=O)c2cccc(F)c2)cc1. The van der Waals surface area contributed by atoms with E-state index in [-0.39, 0.29) is 5.56 Å². The van der Waals surface area contributed by atoms with Crippen molar-refractivity contribution in [2.45, 2.75) is 6.42 Å². The molecule has 0 aromatic heterocycles. The van der Waals surface area contributed by atoms with E-state index in [1.54, 1.807) is 7.11 Å². The van der Waals surface area contributed by atoms with E-state index in [1.807, 2.05) is 24.3 Å². The van der Waals surface area contributed by atoms with E-state index in [2.05, 4.69) is 5.32 Å². The van der Waals surface area contributed by atoms with Gasteiger partial charge >= 0.3 is 5.97 Å². The third-order valence-electron chi connectivity index (χ3n) is 3.29. The Kier molecular flexibility index (Phi) is 6.31. The molecule has 24 heavy (non-hydrogen) atoms. The monoisotopic (exact) mass is 331 g/mol. The molecule has 2 rings (SSSR count). The molecular weight excluding hydrogens is 313 g/mol. The molecule has 0 atom stereocenters. The number of hydrogen-bond donors (Lipinski definition) is 1. The van der Waals surface area contributed by atoms with Gasteiger partial charge in [-0.25, -0.2) is 9.18 Å². The molecule has 0 aliphatic rings. The molecule has 0 fully saturated rings. The molecule has 2 aromatic carbocycles. The maximum Gasteiger partial charge on any atom is 0.338 e. The largest absolute Gasteiger partial charge is 0.497 e. The standard InChI is InChI=1S/C18H18FNO4/c1-23-16-7-5-13(6-8-16)9-10-20-17(21)12-24-18(22)14-3-2-4-15(19)11-14/h2-8,11H,9-10,12H2,1H3,(H,20,21). The third-order valence-corrected chi connectivity index (χ3v) is 3.29. The van der Waals surface area contributed by atoms with Crippen molar-refractivity contribution in [3.05, 3.63) is 65.5 Å². The van der Waals surface area contributed by atoms with Crippen LogP contribution in [0.5, 0.6) is 5.75 Å². The lowest BCUT2D eigenvalue weighted by Gasteiger charge is -2.07. The smallest absolute Gasteiger partial charge is 0.338 e. The van der Waals surface area contributed by atoms with Gasteiger partial charge in [-0.1, -0.05) is 18.2 Å². The fourth-order valence-electron chi connectivity index (χ4n) is 2.02. The van der Waals surface area contributed by atoms with Crippen molar-refractivity contribution in [2.75, 3.05) is 20.3 Å². The van der Waals surface area contributed by atoms with Gasteiger partial charge in [0, 0.05) is 6.54 Å². The number of carbonyl (C=O) groups is 2. The highest BCUT2D eigenvalue weighted by atomic mass is 19.1. The Bertz CT molecular complexity index is 700.